The summed E-state index contributed by atoms with van der Waals surface area (Å²) in [7, 11) is 0. The van der Waals surface area contributed by atoms with Gasteiger partial charge in [0.15, 0.2) is 5.75 Å². The molecule has 0 saturated heterocycles. The van der Waals surface area contributed by atoms with E-state index in [1.165, 1.54) is 0 Å². The molecule has 2 N–H and O–H groups in total. The topological polar surface area (TPSA) is 101 Å². The summed E-state index contributed by atoms with van der Waals surface area (Å²) in [4.78, 5) is 20.4. The van der Waals surface area contributed by atoms with Crippen molar-refractivity contribution in [2.45, 2.75) is 0 Å². The van der Waals surface area contributed by atoms with Gasteiger partial charge in [-0.3, -0.25) is 0 Å². The van der Waals surface area contributed by atoms with Crippen molar-refractivity contribution >= 4 is 5.97 Å². The standard InChI is InChI=1S/C5H3NO5/c7-2-1-3(8)11-6-4(2)5(9)10/h1,7H,(H,9,10). The summed E-state index contributed by atoms with van der Waals surface area (Å²) in [6, 6.07) is 0.635. The second kappa shape index (κ2) is 2.41. The summed E-state index contributed by atoms with van der Waals surface area (Å²) in [5.41, 5.74) is -1.57. The molecular weight excluding hydrogens is 154 g/mol. The molecule has 11 heavy (non-hydrogen) atoms. The van der Waals surface area contributed by atoms with Crippen LogP contribution in [0.4, 0.5) is 0 Å². The summed E-state index contributed by atoms with van der Waals surface area (Å²) in [6.07, 6.45) is 0. The average Bonchev–Trinajstić information content (AvgIpc) is 1.85. The summed E-state index contributed by atoms with van der Waals surface area (Å²) in [6.45, 7) is 0. The van der Waals surface area contributed by atoms with Crippen LogP contribution in [-0.2, 0) is 0 Å². The predicted octanol–water partition coefficient (Wildman–Crippen LogP) is -0.561. The van der Waals surface area contributed by atoms with Gasteiger partial charge in [-0.1, -0.05) is 5.16 Å². The maximum atomic E-state index is 10.3. The van der Waals surface area contributed by atoms with Gasteiger partial charge < -0.3 is 14.7 Å². The van der Waals surface area contributed by atoms with E-state index in [0.29, 0.717) is 6.07 Å². The van der Waals surface area contributed by atoms with E-state index >= 15 is 0 Å². The van der Waals surface area contributed by atoms with Crippen LogP contribution in [0.3, 0.4) is 0 Å². The number of aromatic hydroxyl groups is 1. The van der Waals surface area contributed by atoms with Crippen LogP contribution in [-0.4, -0.2) is 21.3 Å². The number of aromatic nitrogens is 1. The normalized spacial score (nSPS) is 9.45. The molecule has 1 aromatic rings. The minimum atomic E-state index is -1.45. The number of carbonyl (C=O) groups is 1. The number of rotatable bonds is 1. The molecular formula is C5H3NO5. The van der Waals surface area contributed by atoms with Crippen molar-refractivity contribution in [3.63, 3.8) is 0 Å². The van der Waals surface area contributed by atoms with Crippen LogP contribution in [0.15, 0.2) is 15.4 Å². The van der Waals surface area contributed by atoms with Gasteiger partial charge in [-0.15, -0.1) is 0 Å². The number of hydrogen-bond acceptors (Lipinski definition) is 5. The molecule has 1 rings (SSSR count). The van der Waals surface area contributed by atoms with E-state index in [2.05, 4.69) is 9.68 Å². The summed E-state index contributed by atoms with van der Waals surface area (Å²) >= 11 is 0. The molecule has 1 aromatic heterocycles. The molecule has 6 heteroatoms. The molecule has 0 spiro atoms. The fraction of sp³-hybridized carbons (Fsp3) is 0. The first kappa shape index (κ1) is 7.26. The molecule has 0 bridgehead atoms. The Kier molecular flexibility index (Phi) is 1.59. The molecule has 58 valence electrons. The van der Waals surface area contributed by atoms with Gasteiger partial charge in [0, 0.05) is 0 Å². The molecule has 0 amide bonds. The van der Waals surface area contributed by atoms with E-state index in [1.807, 2.05) is 0 Å². The van der Waals surface area contributed by atoms with Gasteiger partial charge in [-0.05, 0) is 0 Å². The van der Waals surface area contributed by atoms with Gasteiger partial charge in [0.1, 0.15) is 0 Å². The summed E-state index contributed by atoms with van der Waals surface area (Å²) in [5.74, 6) is -2.15. The molecule has 1 heterocycles. The minimum absolute atomic E-state index is 0.635. The fourth-order valence-corrected chi connectivity index (χ4v) is 0.492. The van der Waals surface area contributed by atoms with Crippen molar-refractivity contribution < 1.29 is 19.5 Å². The number of hydrogen-bond donors (Lipinski definition) is 2. The van der Waals surface area contributed by atoms with E-state index in [0.717, 1.165) is 0 Å². The van der Waals surface area contributed by atoms with Crippen molar-refractivity contribution in [3.8, 4) is 5.75 Å². The third kappa shape index (κ3) is 1.34. The monoisotopic (exact) mass is 157 g/mol. The molecule has 6 nitrogen and oxygen atoms in total. The lowest BCUT2D eigenvalue weighted by atomic mass is 10.4. The SMILES string of the molecule is O=C(O)c1noc(=O)cc1O. The Balaban J connectivity index is 3.31. The molecule has 0 aliphatic carbocycles. The number of aromatic carboxylic acids is 1. The van der Waals surface area contributed by atoms with E-state index in [4.69, 9.17) is 10.2 Å². The van der Waals surface area contributed by atoms with Crippen molar-refractivity contribution in [2.75, 3.05) is 0 Å². The fourth-order valence-electron chi connectivity index (χ4n) is 0.492. The third-order valence-corrected chi connectivity index (χ3v) is 0.927. The van der Waals surface area contributed by atoms with Crippen molar-refractivity contribution in [2.24, 2.45) is 0 Å². The highest BCUT2D eigenvalue weighted by Gasteiger charge is 2.12. The van der Waals surface area contributed by atoms with Crippen LogP contribution < -0.4 is 5.63 Å². The highest BCUT2D eigenvalue weighted by Crippen LogP contribution is 2.08. The van der Waals surface area contributed by atoms with Crippen LogP contribution in [0.5, 0.6) is 5.75 Å². The van der Waals surface area contributed by atoms with Crippen molar-refractivity contribution in [1.82, 2.24) is 5.16 Å². The van der Waals surface area contributed by atoms with Gasteiger partial charge in [0.05, 0.1) is 6.07 Å². The van der Waals surface area contributed by atoms with E-state index in [1.54, 1.807) is 0 Å². The van der Waals surface area contributed by atoms with E-state index in [-0.39, 0.29) is 0 Å². The maximum absolute atomic E-state index is 10.3. The second-order valence-corrected chi connectivity index (χ2v) is 1.68. The maximum Gasteiger partial charge on any atom is 0.362 e. The molecule has 0 radical (unpaired) electrons. The predicted molar refractivity (Wildman–Crippen MR) is 31.4 cm³/mol. The molecule has 0 unspecified atom stereocenters. The second-order valence-electron chi connectivity index (χ2n) is 1.68. The van der Waals surface area contributed by atoms with Crippen LogP contribution in [0.25, 0.3) is 0 Å². The highest BCUT2D eigenvalue weighted by atomic mass is 16.5. The zero-order chi connectivity index (χ0) is 8.43. The Labute approximate surface area is 59.7 Å². The van der Waals surface area contributed by atoms with Crippen molar-refractivity contribution in [1.29, 1.82) is 0 Å². The Morgan fingerprint density at radius 3 is 2.73 bits per heavy atom. The van der Waals surface area contributed by atoms with E-state index in [9.17, 15) is 9.59 Å². The molecule has 0 aliphatic rings. The Hall–Kier alpha value is -1.85. The lowest BCUT2D eigenvalue weighted by molar-refractivity contribution is 0.0675. The molecule has 0 fully saturated rings. The molecule has 0 atom stereocenters. The largest absolute Gasteiger partial charge is 0.505 e. The summed E-state index contributed by atoms with van der Waals surface area (Å²) in [5, 5.41) is 19.9. The molecule has 0 aromatic carbocycles. The quantitative estimate of drug-likeness (QED) is 0.566. The van der Waals surface area contributed by atoms with Gasteiger partial charge in [-0.25, -0.2) is 9.59 Å². The average molecular weight is 157 g/mol. The van der Waals surface area contributed by atoms with Gasteiger partial charge in [0.25, 0.3) is 0 Å². The first-order chi connectivity index (χ1) is 5.11. The van der Waals surface area contributed by atoms with Gasteiger partial charge in [-0.2, -0.15) is 0 Å². The lowest BCUT2D eigenvalue weighted by Gasteiger charge is -1.91. The Morgan fingerprint density at radius 1 is 1.64 bits per heavy atom. The minimum Gasteiger partial charge on any atom is -0.505 e. The van der Waals surface area contributed by atoms with Gasteiger partial charge in [0.2, 0.25) is 5.69 Å². The van der Waals surface area contributed by atoms with Crippen molar-refractivity contribution in [3.05, 3.63) is 22.2 Å². The summed E-state index contributed by atoms with van der Waals surface area (Å²) < 4.78 is 3.95. The first-order valence-electron chi connectivity index (χ1n) is 2.54. The highest BCUT2D eigenvalue weighted by molar-refractivity contribution is 5.87. The Morgan fingerprint density at radius 2 is 2.27 bits per heavy atom. The third-order valence-electron chi connectivity index (χ3n) is 0.927. The molecule has 0 aliphatic heterocycles. The van der Waals surface area contributed by atoms with Crippen LogP contribution >= 0.6 is 0 Å². The van der Waals surface area contributed by atoms with Crippen LogP contribution in [0.1, 0.15) is 10.5 Å². The molecule has 0 saturated carbocycles. The van der Waals surface area contributed by atoms with Gasteiger partial charge >= 0.3 is 11.6 Å². The van der Waals surface area contributed by atoms with Crippen LogP contribution in [0.2, 0.25) is 0 Å². The smallest absolute Gasteiger partial charge is 0.362 e. The Bertz CT molecular complexity index is 341. The van der Waals surface area contributed by atoms with Crippen LogP contribution in [0, 0.1) is 0 Å². The van der Waals surface area contributed by atoms with E-state index < -0.39 is 23.0 Å². The number of carboxylic acid groups (broad SMARTS) is 1. The number of nitrogens with zero attached hydrogens (tertiary/aromatic N) is 1. The zero-order valence-corrected chi connectivity index (χ0v) is 5.14. The lowest BCUT2D eigenvalue weighted by Crippen LogP contribution is -2.06. The zero-order valence-electron chi connectivity index (χ0n) is 5.14. The number of carboxylic acids is 1. The first-order valence-corrected chi connectivity index (χ1v) is 2.54.